The smallest absolute Gasteiger partial charge is 0.271 e. The molecule has 6 nitrogen and oxygen atoms in total. The van der Waals surface area contributed by atoms with Gasteiger partial charge >= 0.3 is 0 Å². The van der Waals surface area contributed by atoms with Gasteiger partial charge in [0.2, 0.25) is 5.88 Å². The van der Waals surface area contributed by atoms with E-state index in [2.05, 4.69) is 10.4 Å². The molecule has 6 heteroatoms. The Morgan fingerprint density at radius 2 is 2.53 bits per heavy atom. The Hall–Kier alpha value is -1.56. The van der Waals surface area contributed by atoms with Gasteiger partial charge in [0.25, 0.3) is 5.91 Å². The molecular formula is C13H21N3O3. The monoisotopic (exact) mass is 267 g/mol. The molecule has 0 saturated carbocycles. The van der Waals surface area contributed by atoms with Gasteiger partial charge in [0.15, 0.2) is 5.69 Å². The van der Waals surface area contributed by atoms with Crippen LogP contribution in [0.2, 0.25) is 0 Å². The second-order valence-electron chi connectivity index (χ2n) is 4.78. The first-order chi connectivity index (χ1) is 9.20. The molecule has 1 aromatic rings. The normalized spacial score (nSPS) is 18.5. The van der Waals surface area contributed by atoms with Crippen molar-refractivity contribution in [3.8, 4) is 5.88 Å². The summed E-state index contributed by atoms with van der Waals surface area (Å²) in [5, 5.41) is 7.04. The van der Waals surface area contributed by atoms with E-state index in [-0.39, 0.29) is 5.91 Å². The Kier molecular flexibility index (Phi) is 4.79. The van der Waals surface area contributed by atoms with E-state index in [1.54, 1.807) is 17.8 Å². The van der Waals surface area contributed by atoms with Gasteiger partial charge in [-0.2, -0.15) is 5.10 Å². The number of hydrogen-bond donors (Lipinski definition) is 1. The Balaban J connectivity index is 1.87. The van der Waals surface area contributed by atoms with Crippen LogP contribution in [0.3, 0.4) is 0 Å². The van der Waals surface area contributed by atoms with Gasteiger partial charge in [0, 0.05) is 32.2 Å². The Bertz CT molecular complexity index is 425. The van der Waals surface area contributed by atoms with Gasteiger partial charge in [-0.15, -0.1) is 0 Å². The minimum atomic E-state index is -0.158. The van der Waals surface area contributed by atoms with Gasteiger partial charge in [-0.25, -0.2) is 4.68 Å². The standard InChI is InChI=1S/C13H21N3O3/c1-3-5-19-12-7-11(15-16(12)2)13(17)14-8-10-4-6-18-9-10/h7,10H,3-6,8-9H2,1-2H3,(H,14,17). The van der Waals surface area contributed by atoms with Crippen LogP contribution in [0.1, 0.15) is 30.3 Å². The number of amides is 1. The first-order valence-corrected chi connectivity index (χ1v) is 6.73. The SMILES string of the molecule is CCCOc1cc(C(=O)NCC2CCOC2)nn1C. The van der Waals surface area contributed by atoms with E-state index in [1.165, 1.54) is 0 Å². The summed E-state index contributed by atoms with van der Waals surface area (Å²) in [6, 6.07) is 1.68. The molecule has 1 aromatic heterocycles. The lowest BCUT2D eigenvalue weighted by Gasteiger charge is -2.07. The highest BCUT2D eigenvalue weighted by Crippen LogP contribution is 2.13. The first-order valence-electron chi connectivity index (χ1n) is 6.73. The maximum atomic E-state index is 12.0. The molecule has 19 heavy (non-hydrogen) atoms. The molecule has 1 atom stereocenters. The molecule has 1 aliphatic rings. The average Bonchev–Trinajstić information content (AvgIpc) is 3.03. The minimum Gasteiger partial charge on any atom is -0.478 e. The lowest BCUT2D eigenvalue weighted by molar-refractivity contribution is 0.0939. The fourth-order valence-corrected chi connectivity index (χ4v) is 1.97. The van der Waals surface area contributed by atoms with Crippen LogP contribution in [0.4, 0.5) is 0 Å². The lowest BCUT2D eigenvalue weighted by atomic mass is 10.1. The van der Waals surface area contributed by atoms with Gasteiger partial charge in [-0.05, 0) is 12.8 Å². The summed E-state index contributed by atoms with van der Waals surface area (Å²) >= 11 is 0. The predicted molar refractivity (Wildman–Crippen MR) is 70.3 cm³/mol. The van der Waals surface area contributed by atoms with Crippen LogP contribution in [0.15, 0.2) is 6.07 Å². The summed E-state index contributed by atoms with van der Waals surface area (Å²) in [6.45, 7) is 4.82. The van der Waals surface area contributed by atoms with Gasteiger partial charge in [-0.3, -0.25) is 4.79 Å². The second-order valence-corrected chi connectivity index (χ2v) is 4.78. The summed E-state index contributed by atoms with van der Waals surface area (Å²) in [5.41, 5.74) is 0.396. The Morgan fingerprint density at radius 1 is 1.68 bits per heavy atom. The van der Waals surface area contributed by atoms with Gasteiger partial charge < -0.3 is 14.8 Å². The Labute approximate surface area is 113 Å². The molecule has 106 valence electrons. The molecule has 1 amide bonds. The molecule has 1 aliphatic heterocycles. The van der Waals surface area contributed by atoms with Crippen LogP contribution in [0, 0.1) is 5.92 Å². The highest BCUT2D eigenvalue weighted by Gasteiger charge is 2.18. The van der Waals surface area contributed by atoms with Crippen molar-refractivity contribution in [1.82, 2.24) is 15.1 Å². The molecule has 2 heterocycles. The number of carbonyl (C=O) groups excluding carboxylic acids is 1. The van der Waals surface area contributed by atoms with E-state index < -0.39 is 0 Å². The molecule has 2 rings (SSSR count). The number of nitrogens with zero attached hydrogens (tertiary/aromatic N) is 2. The van der Waals surface area contributed by atoms with Crippen molar-refractivity contribution in [2.24, 2.45) is 13.0 Å². The van der Waals surface area contributed by atoms with Crippen molar-refractivity contribution in [3.63, 3.8) is 0 Å². The highest BCUT2D eigenvalue weighted by atomic mass is 16.5. The summed E-state index contributed by atoms with van der Waals surface area (Å²) in [6.07, 6.45) is 1.93. The van der Waals surface area contributed by atoms with E-state index >= 15 is 0 Å². The van der Waals surface area contributed by atoms with E-state index in [0.29, 0.717) is 30.6 Å². The largest absolute Gasteiger partial charge is 0.478 e. The fourth-order valence-electron chi connectivity index (χ4n) is 1.97. The van der Waals surface area contributed by atoms with Crippen molar-refractivity contribution in [2.45, 2.75) is 19.8 Å². The maximum Gasteiger partial charge on any atom is 0.271 e. The second kappa shape index (κ2) is 6.56. The van der Waals surface area contributed by atoms with Crippen LogP contribution in [-0.2, 0) is 11.8 Å². The molecule has 0 aliphatic carbocycles. The molecule has 1 fully saturated rings. The van der Waals surface area contributed by atoms with Gasteiger partial charge in [-0.1, -0.05) is 6.92 Å². The van der Waals surface area contributed by atoms with Gasteiger partial charge in [0.05, 0.1) is 13.2 Å². The molecule has 1 unspecified atom stereocenters. The van der Waals surface area contributed by atoms with E-state index in [0.717, 1.165) is 26.1 Å². The van der Waals surface area contributed by atoms with Crippen LogP contribution in [0.5, 0.6) is 5.88 Å². The topological polar surface area (TPSA) is 65.4 Å². The summed E-state index contributed by atoms with van der Waals surface area (Å²) in [4.78, 5) is 12.0. The third-order valence-corrected chi connectivity index (χ3v) is 3.10. The summed E-state index contributed by atoms with van der Waals surface area (Å²) < 4.78 is 12.4. The molecule has 0 spiro atoms. The molecule has 0 bridgehead atoms. The van der Waals surface area contributed by atoms with E-state index in [9.17, 15) is 4.79 Å². The first kappa shape index (κ1) is 13.9. The number of hydrogen-bond acceptors (Lipinski definition) is 4. The lowest BCUT2D eigenvalue weighted by Crippen LogP contribution is -2.29. The van der Waals surface area contributed by atoms with Crippen molar-refractivity contribution in [1.29, 1.82) is 0 Å². The highest BCUT2D eigenvalue weighted by molar-refractivity contribution is 5.92. The summed E-state index contributed by atoms with van der Waals surface area (Å²) in [5.74, 6) is 0.883. The van der Waals surface area contributed by atoms with Crippen LogP contribution in [-0.4, -0.2) is 42.1 Å². The number of nitrogens with one attached hydrogen (secondary N) is 1. The fraction of sp³-hybridized carbons (Fsp3) is 0.692. The average molecular weight is 267 g/mol. The zero-order valence-electron chi connectivity index (χ0n) is 11.5. The number of aromatic nitrogens is 2. The number of rotatable bonds is 6. The summed E-state index contributed by atoms with van der Waals surface area (Å²) in [7, 11) is 1.77. The Morgan fingerprint density at radius 3 is 3.21 bits per heavy atom. The molecular weight excluding hydrogens is 246 g/mol. The zero-order valence-corrected chi connectivity index (χ0v) is 11.5. The predicted octanol–water partition coefficient (Wildman–Crippen LogP) is 0.975. The van der Waals surface area contributed by atoms with Crippen LogP contribution in [0.25, 0.3) is 0 Å². The van der Waals surface area contributed by atoms with Crippen molar-refractivity contribution in [2.75, 3.05) is 26.4 Å². The van der Waals surface area contributed by atoms with Gasteiger partial charge in [0.1, 0.15) is 0 Å². The molecule has 1 saturated heterocycles. The third-order valence-electron chi connectivity index (χ3n) is 3.10. The zero-order chi connectivity index (χ0) is 13.7. The van der Waals surface area contributed by atoms with Crippen LogP contribution < -0.4 is 10.1 Å². The maximum absolute atomic E-state index is 12.0. The third kappa shape index (κ3) is 3.70. The minimum absolute atomic E-state index is 0.158. The van der Waals surface area contributed by atoms with Crippen molar-refractivity contribution >= 4 is 5.91 Å². The van der Waals surface area contributed by atoms with Crippen molar-refractivity contribution < 1.29 is 14.3 Å². The molecule has 1 N–H and O–H groups in total. The quantitative estimate of drug-likeness (QED) is 0.834. The number of carbonyl (C=O) groups is 1. The van der Waals surface area contributed by atoms with E-state index in [1.807, 2.05) is 6.92 Å². The van der Waals surface area contributed by atoms with Crippen molar-refractivity contribution in [3.05, 3.63) is 11.8 Å². The molecule has 0 radical (unpaired) electrons. The number of aryl methyl sites for hydroxylation is 1. The van der Waals surface area contributed by atoms with Crippen LogP contribution >= 0.6 is 0 Å². The van der Waals surface area contributed by atoms with E-state index in [4.69, 9.17) is 9.47 Å². The number of ether oxygens (including phenoxy) is 2. The molecule has 0 aromatic carbocycles.